The van der Waals surface area contributed by atoms with Crippen LogP contribution in [-0.2, 0) is 10.8 Å². The summed E-state index contributed by atoms with van der Waals surface area (Å²) in [4.78, 5) is 2.38. The highest BCUT2D eigenvalue weighted by atomic mass is 32.2. The van der Waals surface area contributed by atoms with E-state index in [1.165, 1.54) is 25.9 Å². The highest BCUT2D eigenvalue weighted by Gasteiger charge is 2.16. The van der Waals surface area contributed by atoms with Crippen LogP contribution < -0.4 is 5.32 Å². The van der Waals surface area contributed by atoms with E-state index in [1.807, 2.05) is 0 Å². The molecule has 1 saturated heterocycles. The summed E-state index contributed by atoms with van der Waals surface area (Å²) >= 11 is 0. The zero-order valence-electron chi connectivity index (χ0n) is 10.2. The van der Waals surface area contributed by atoms with Gasteiger partial charge in [0, 0.05) is 28.3 Å². The molecule has 1 N–H and O–H groups in total. The number of nitrogens with one attached hydrogen (secondary N) is 1. The molecule has 90 valence electrons. The Kier molecular flexibility index (Phi) is 5.79. The van der Waals surface area contributed by atoms with Crippen molar-refractivity contribution in [2.75, 3.05) is 32.9 Å². The first-order valence-corrected chi connectivity index (χ1v) is 7.46. The van der Waals surface area contributed by atoms with Crippen LogP contribution in [0.4, 0.5) is 0 Å². The van der Waals surface area contributed by atoms with Crippen LogP contribution in [0.5, 0.6) is 0 Å². The molecule has 0 aliphatic carbocycles. The van der Waals surface area contributed by atoms with Gasteiger partial charge in [0.25, 0.3) is 0 Å². The van der Waals surface area contributed by atoms with Gasteiger partial charge < -0.3 is 10.2 Å². The summed E-state index contributed by atoms with van der Waals surface area (Å²) in [6.07, 6.45) is 5.32. The Morgan fingerprint density at radius 3 is 2.60 bits per heavy atom. The second-order valence-corrected chi connectivity index (χ2v) is 6.43. The maximum Gasteiger partial charge on any atom is 0.0329 e. The quantitative estimate of drug-likeness (QED) is 0.762. The molecule has 2 unspecified atom stereocenters. The fourth-order valence-corrected chi connectivity index (χ4v) is 2.32. The van der Waals surface area contributed by atoms with Gasteiger partial charge >= 0.3 is 0 Å². The van der Waals surface area contributed by atoms with E-state index in [-0.39, 0.29) is 0 Å². The normalized spacial score (nSPS) is 23.9. The average Bonchev–Trinajstić information content (AvgIpc) is 2.20. The molecule has 0 radical (unpaired) electrons. The van der Waals surface area contributed by atoms with Gasteiger partial charge in [-0.2, -0.15) is 0 Å². The van der Waals surface area contributed by atoms with E-state index in [0.717, 1.165) is 13.0 Å². The number of nitrogens with zero attached hydrogens (tertiary/aromatic N) is 1. The van der Waals surface area contributed by atoms with Gasteiger partial charge in [-0.25, -0.2) is 0 Å². The van der Waals surface area contributed by atoms with Gasteiger partial charge in [-0.15, -0.1) is 0 Å². The molecule has 0 amide bonds. The monoisotopic (exact) mass is 232 g/mol. The van der Waals surface area contributed by atoms with E-state index in [9.17, 15) is 4.21 Å². The Morgan fingerprint density at radius 1 is 1.47 bits per heavy atom. The van der Waals surface area contributed by atoms with Crippen LogP contribution in [0.3, 0.4) is 0 Å². The molecule has 1 rings (SSSR count). The van der Waals surface area contributed by atoms with Crippen LogP contribution in [0, 0.1) is 0 Å². The summed E-state index contributed by atoms with van der Waals surface area (Å²) in [7, 11) is 1.51. The molecular formula is C11H24N2OS. The highest BCUT2D eigenvalue weighted by Crippen LogP contribution is 2.08. The molecule has 1 fully saturated rings. The molecule has 0 saturated carbocycles. The predicted molar refractivity (Wildman–Crippen MR) is 66.7 cm³/mol. The number of piperidine rings is 1. The lowest BCUT2D eigenvalue weighted by molar-refractivity contribution is 0.235. The Balaban J connectivity index is 2.07. The molecule has 0 aromatic heterocycles. The Hall–Kier alpha value is 0.0700. The number of hydrogen-bond acceptors (Lipinski definition) is 3. The average molecular weight is 232 g/mol. The Bertz CT molecular complexity index is 203. The maximum atomic E-state index is 11.1. The van der Waals surface area contributed by atoms with Crippen LogP contribution >= 0.6 is 0 Å². The van der Waals surface area contributed by atoms with Crippen molar-refractivity contribution in [3.05, 3.63) is 0 Å². The second-order valence-electron chi connectivity index (χ2n) is 4.63. The van der Waals surface area contributed by atoms with Crippen molar-refractivity contribution in [3.63, 3.8) is 0 Å². The largest absolute Gasteiger partial charge is 0.314 e. The molecule has 0 aromatic rings. The first-order chi connectivity index (χ1) is 7.09. The van der Waals surface area contributed by atoms with Gasteiger partial charge in [0.05, 0.1) is 0 Å². The summed E-state index contributed by atoms with van der Waals surface area (Å²) in [6.45, 7) is 5.47. The summed E-state index contributed by atoms with van der Waals surface area (Å²) in [5.41, 5.74) is 0. The fraction of sp³-hybridized carbons (Fsp3) is 1.00. The van der Waals surface area contributed by atoms with Crippen molar-refractivity contribution < 1.29 is 4.21 Å². The fourth-order valence-electron chi connectivity index (χ4n) is 1.87. The molecule has 1 aliphatic heterocycles. The molecule has 1 heterocycles. The summed E-state index contributed by atoms with van der Waals surface area (Å²) < 4.78 is 11.1. The topological polar surface area (TPSA) is 32.3 Å². The van der Waals surface area contributed by atoms with Crippen LogP contribution in [0.15, 0.2) is 0 Å². The van der Waals surface area contributed by atoms with Gasteiger partial charge in [-0.1, -0.05) is 6.92 Å². The third-order valence-corrected chi connectivity index (χ3v) is 4.64. The molecule has 0 aromatic carbocycles. The lowest BCUT2D eigenvalue weighted by Gasteiger charge is -2.29. The highest BCUT2D eigenvalue weighted by molar-refractivity contribution is 7.84. The molecule has 15 heavy (non-hydrogen) atoms. The minimum atomic E-state index is -0.671. The van der Waals surface area contributed by atoms with E-state index in [4.69, 9.17) is 0 Å². The van der Waals surface area contributed by atoms with Gasteiger partial charge in [0.2, 0.25) is 0 Å². The molecular weight excluding hydrogens is 208 g/mol. The minimum absolute atomic E-state index is 0.323. The van der Waals surface area contributed by atoms with Crippen LogP contribution in [-0.4, -0.2) is 53.3 Å². The van der Waals surface area contributed by atoms with Crippen LogP contribution in [0.1, 0.15) is 26.2 Å². The molecule has 4 heteroatoms. The van der Waals surface area contributed by atoms with Gasteiger partial charge in [0.1, 0.15) is 0 Å². The first-order valence-electron chi connectivity index (χ1n) is 5.83. The smallest absolute Gasteiger partial charge is 0.0329 e. The minimum Gasteiger partial charge on any atom is -0.314 e. The predicted octanol–water partition coefficient (Wildman–Crippen LogP) is 0.827. The van der Waals surface area contributed by atoms with Crippen molar-refractivity contribution in [3.8, 4) is 0 Å². The summed E-state index contributed by atoms with van der Waals surface area (Å²) in [5.74, 6) is 0. The van der Waals surface area contributed by atoms with E-state index >= 15 is 0 Å². The number of hydrogen-bond donors (Lipinski definition) is 1. The van der Waals surface area contributed by atoms with Crippen LogP contribution in [0.25, 0.3) is 0 Å². The molecule has 2 atom stereocenters. The van der Waals surface area contributed by atoms with Gasteiger partial charge in [-0.3, -0.25) is 4.21 Å². The van der Waals surface area contributed by atoms with Crippen molar-refractivity contribution in [1.82, 2.24) is 10.2 Å². The SMILES string of the molecule is CC(CCNC1CCN(C)CC1)S(C)=O. The summed E-state index contributed by atoms with van der Waals surface area (Å²) in [6, 6.07) is 0.679. The van der Waals surface area contributed by atoms with Crippen molar-refractivity contribution in [2.24, 2.45) is 0 Å². The van der Waals surface area contributed by atoms with E-state index in [0.29, 0.717) is 11.3 Å². The second kappa shape index (κ2) is 6.61. The Morgan fingerprint density at radius 2 is 2.07 bits per heavy atom. The third kappa shape index (κ3) is 5.09. The van der Waals surface area contributed by atoms with Gasteiger partial charge in [0.15, 0.2) is 0 Å². The third-order valence-electron chi connectivity index (χ3n) is 3.27. The lowest BCUT2D eigenvalue weighted by Crippen LogP contribution is -2.41. The van der Waals surface area contributed by atoms with E-state index in [2.05, 4.69) is 24.2 Å². The standard InChI is InChI=1S/C11H24N2OS/c1-10(15(3)14)4-7-12-11-5-8-13(2)9-6-11/h10-12H,4-9H2,1-3H3. The molecule has 0 bridgehead atoms. The van der Waals surface area contributed by atoms with Gasteiger partial charge in [-0.05, 0) is 45.9 Å². The number of rotatable bonds is 5. The zero-order chi connectivity index (χ0) is 11.3. The molecule has 1 aliphatic rings. The summed E-state index contributed by atoms with van der Waals surface area (Å²) in [5, 5.41) is 3.89. The Labute approximate surface area is 96.1 Å². The van der Waals surface area contributed by atoms with E-state index < -0.39 is 10.8 Å². The van der Waals surface area contributed by atoms with Crippen LogP contribution in [0.2, 0.25) is 0 Å². The van der Waals surface area contributed by atoms with E-state index in [1.54, 1.807) is 6.26 Å². The molecule has 3 nitrogen and oxygen atoms in total. The maximum absolute atomic E-state index is 11.1. The zero-order valence-corrected chi connectivity index (χ0v) is 11.0. The van der Waals surface area contributed by atoms with Crippen molar-refractivity contribution in [1.29, 1.82) is 0 Å². The number of likely N-dealkylation sites (tertiary alicyclic amines) is 1. The first kappa shape index (κ1) is 13.1. The molecule has 0 spiro atoms. The van der Waals surface area contributed by atoms with Crippen molar-refractivity contribution >= 4 is 10.8 Å². The lowest BCUT2D eigenvalue weighted by atomic mass is 10.1. The van der Waals surface area contributed by atoms with Crippen molar-refractivity contribution in [2.45, 2.75) is 37.5 Å².